The fourth-order valence-corrected chi connectivity index (χ4v) is 3.33. The van der Waals surface area contributed by atoms with Gasteiger partial charge in [0, 0.05) is 0 Å². The van der Waals surface area contributed by atoms with Crippen LogP contribution in [0.4, 0.5) is 0 Å². The minimum absolute atomic E-state index is 0. The third-order valence-electron chi connectivity index (χ3n) is 3.00. The molecule has 0 aromatic heterocycles. The molecule has 0 amide bonds. The van der Waals surface area contributed by atoms with Crippen LogP contribution < -0.4 is 121 Å². The molecule has 0 aliphatic carbocycles. The van der Waals surface area contributed by atoms with Crippen molar-refractivity contribution in [1.29, 1.82) is 0 Å². The summed E-state index contributed by atoms with van der Waals surface area (Å²) in [6.45, 7) is 0. The summed E-state index contributed by atoms with van der Waals surface area (Å²) in [6, 6.07) is 8.97. The second-order valence-electron chi connectivity index (χ2n) is 4.78. The van der Waals surface area contributed by atoms with Crippen molar-refractivity contribution in [2.24, 2.45) is 0 Å². The van der Waals surface area contributed by atoms with Crippen molar-refractivity contribution in [3.63, 3.8) is 0 Å². The van der Waals surface area contributed by atoms with Gasteiger partial charge in [-0.1, -0.05) is 24.3 Å². The summed E-state index contributed by atoms with van der Waals surface area (Å²) in [5.41, 5.74) is -0.197. The van der Waals surface area contributed by atoms with Crippen LogP contribution in [0.3, 0.4) is 0 Å². The first-order chi connectivity index (χ1) is 12.9. The van der Waals surface area contributed by atoms with E-state index >= 15 is 0 Å². The summed E-state index contributed by atoms with van der Waals surface area (Å²) >= 11 is 9.93. The quantitative estimate of drug-likeness (QED) is 0.265. The first-order valence-electron chi connectivity index (χ1n) is 6.82. The molecule has 0 heterocycles. The Morgan fingerprint density at radius 2 is 0.867 bits per heavy atom. The molecule has 152 valence electrons. The zero-order chi connectivity index (χ0) is 21.5. The number of hydrogen-bond acceptors (Lipinski definition) is 8. The van der Waals surface area contributed by atoms with Gasteiger partial charge >= 0.3 is 103 Å². The van der Waals surface area contributed by atoms with Gasteiger partial charge in [-0.05, 0) is 58.9 Å². The zero-order valence-electron chi connectivity index (χ0n) is 15.5. The van der Waals surface area contributed by atoms with Crippen molar-refractivity contribution in [2.75, 3.05) is 0 Å². The monoisotopic (exact) mass is 546 g/mol. The van der Waals surface area contributed by atoms with Gasteiger partial charge in [0.25, 0.3) is 20.0 Å². The fourth-order valence-electron chi connectivity index (χ4n) is 1.63. The fraction of sp³-hybridized carbons (Fsp3) is 0. The molecule has 0 fully saturated rings. The summed E-state index contributed by atoms with van der Waals surface area (Å²) in [7, 11) is -7.48. The molecule has 0 aliphatic rings. The number of benzene rings is 2. The van der Waals surface area contributed by atoms with Crippen LogP contribution in [0, 0.1) is 0 Å². The number of nitrogens with one attached hydrogen (secondary N) is 2. The maximum Gasteiger partial charge on any atom is 1.00 e. The van der Waals surface area contributed by atoms with E-state index in [1.165, 1.54) is 0 Å². The van der Waals surface area contributed by atoms with E-state index in [1.807, 2.05) is 0 Å². The summed E-state index contributed by atoms with van der Waals surface area (Å²) in [4.78, 5) is 20.4. The minimum Gasteiger partial charge on any atom is -0.545 e. The Bertz CT molecular complexity index is 977. The normalized spacial score (nSPS) is 10.5. The molecule has 2 N–H and O–H groups in total. The van der Waals surface area contributed by atoms with Crippen LogP contribution in [-0.2, 0) is 20.0 Å². The predicted molar refractivity (Wildman–Crippen MR) is 93.9 cm³/mol. The summed E-state index contributed by atoms with van der Waals surface area (Å²) in [5.74, 6) is -2.74. The third-order valence-corrected chi connectivity index (χ3v) is 6.41. The molecule has 0 aliphatic heterocycles. The summed E-state index contributed by atoms with van der Waals surface area (Å²) in [6.07, 6.45) is 0. The van der Waals surface area contributed by atoms with Crippen molar-refractivity contribution < 1.29 is 139 Å². The third kappa shape index (κ3) is 10.3. The number of carbonyl (C=O) groups excluding carboxylic acids is 2. The van der Waals surface area contributed by atoms with Crippen LogP contribution in [0.25, 0.3) is 0 Å². The van der Waals surface area contributed by atoms with Gasteiger partial charge in [-0.2, -0.15) is 0 Å². The van der Waals surface area contributed by atoms with Crippen molar-refractivity contribution in [2.45, 2.75) is 9.79 Å². The average molecular weight is 547 g/mol. The number of sulfonamides is 2. The molecule has 2 aromatic carbocycles. The molecule has 0 unspecified atom stereocenters. The molecule has 2 aromatic rings. The van der Waals surface area contributed by atoms with Crippen molar-refractivity contribution in [1.82, 2.24) is 8.48 Å². The van der Waals surface area contributed by atoms with E-state index in [-0.39, 0.29) is 124 Å². The van der Waals surface area contributed by atoms with Gasteiger partial charge in [0.05, 0.1) is 21.7 Å². The Labute approximate surface area is 267 Å². The smallest absolute Gasteiger partial charge is 0.545 e. The van der Waals surface area contributed by atoms with E-state index in [0.717, 1.165) is 48.5 Å². The molecule has 0 bridgehead atoms. The molecule has 0 atom stereocenters. The largest absolute Gasteiger partial charge is 1.00 e. The predicted octanol–water partition coefficient (Wildman–Crippen LogP) is -7.03. The van der Waals surface area contributed by atoms with Gasteiger partial charge in [0.15, 0.2) is 0 Å². The van der Waals surface area contributed by atoms with E-state index in [0.29, 0.717) is 0 Å². The van der Waals surface area contributed by atoms with Crippen LogP contribution in [0.2, 0.25) is 0 Å². The number of carboxylic acid groups (broad SMARTS) is 2. The maximum absolute atomic E-state index is 11.1. The number of rotatable bonds is 6. The molecule has 0 saturated heterocycles. The summed E-state index contributed by atoms with van der Waals surface area (Å²) in [5, 5.41) is 20.7. The van der Waals surface area contributed by atoms with E-state index in [9.17, 15) is 36.6 Å². The second-order valence-corrected chi connectivity index (χ2v) is 8.98. The Hall–Kier alpha value is 1.05. The van der Waals surface area contributed by atoms with Gasteiger partial charge in [-0.15, -0.1) is 8.48 Å². The molecular formula is C14H10Cl2K2N2O8S2. The molecule has 0 saturated carbocycles. The Kier molecular flexibility index (Phi) is 16.7. The van der Waals surface area contributed by atoms with Crippen LogP contribution in [0.15, 0.2) is 58.3 Å². The topological polar surface area (TPSA) is 173 Å². The van der Waals surface area contributed by atoms with Crippen molar-refractivity contribution >= 4 is 55.5 Å². The molecule has 0 radical (unpaired) electrons. The molecular weight excluding hydrogens is 537 g/mol. The average Bonchev–Trinajstić information content (AvgIpc) is 2.68. The first kappa shape index (κ1) is 33.2. The van der Waals surface area contributed by atoms with Gasteiger partial charge in [-0.3, -0.25) is 0 Å². The molecule has 2 rings (SSSR count). The Morgan fingerprint density at radius 3 is 1.03 bits per heavy atom. The number of carbonyl (C=O) groups is 2. The molecule has 16 heteroatoms. The maximum atomic E-state index is 11.1. The zero-order valence-corrected chi connectivity index (χ0v) is 24.8. The van der Waals surface area contributed by atoms with Crippen LogP contribution in [-0.4, -0.2) is 28.8 Å². The first-order valence-corrected chi connectivity index (χ1v) is 10.5. The SMILES string of the molecule is O=C([O-])c1ccc(S(=O)(=O)NCl)cc1.O=C([O-])c1ccc(S(=O)(=O)NCl)cc1.[K+].[K+]. The van der Waals surface area contributed by atoms with Gasteiger partial charge in [-0.25, -0.2) is 16.8 Å². The van der Waals surface area contributed by atoms with Gasteiger partial charge < -0.3 is 19.8 Å². The summed E-state index contributed by atoms with van der Waals surface area (Å²) < 4.78 is 47.5. The number of aromatic carboxylic acids is 2. The van der Waals surface area contributed by atoms with E-state index < -0.39 is 32.0 Å². The Balaban J connectivity index is 0. The van der Waals surface area contributed by atoms with E-state index in [1.54, 1.807) is 8.48 Å². The Morgan fingerprint density at radius 1 is 0.633 bits per heavy atom. The number of halogens is 2. The number of hydrogen-bond donors (Lipinski definition) is 2. The van der Waals surface area contributed by atoms with Crippen molar-refractivity contribution in [3.05, 3.63) is 59.7 Å². The van der Waals surface area contributed by atoms with Crippen LogP contribution in [0.5, 0.6) is 0 Å². The molecule has 10 nitrogen and oxygen atoms in total. The van der Waals surface area contributed by atoms with Crippen molar-refractivity contribution in [3.8, 4) is 0 Å². The minimum atomic E-state index is -3.74. The number of carboxylic acids is 2. The van der Waals surface area contributed by atoms with E-state index in [4.69, 9.17) is 23.6 Å². The molecule has 0 spiro atoms. The second kappa shape index (κ2) is 15.1. The van der Waals surface area contributed by atoms with Crippen LogP contribution >= 0.6 is 23.6 Å². The molecule has 30 heavy (non-hydrogen) atoms. The van der Waals surface area contributed by atoms with Crippen LogP contribution in [0.1, 0.15) is 20.7 Å². The standard InChI is InChI=1S/2C7H6ClNO4S.2K/c2*8-9-14(12,13)6-3-1-5(2-4-6)7(10)11;;/h2*1-4,9H,(H,10,11);;/q;;2*+1/p-2. The van der Waals surface area contributed by atoms with Gasteiger partial charge in [0.2, 0.25) is 0 Å². The van der Waals surface area contributed by atoms with Gasteiger partial charge in [0.1, 0.15) is 0 Å². The van der Waals surface area contributed by atoms with E-state index in [2.05, 4.69) is 0 Å².